The fourth-order valence-corrected chi connectivity index (χ4v) is 3.27. The maximum Gasteiger partial charge on any atom is 0.333 e. The number of amides is 1. The Hall–Kier alpha value is -3.78. The Morgan fingerprint density at radius 2 is 1.63 bits per heavy atom. The van der Waals surface area contributed by atoms with Crippen LogP contribution in [0.2, 0.25) is 5.02 Å². The monoisotopic (exact) mass is 421 g/mol. The lowest BCUT2D eigenvalue weighted by molar-refractivity contribution is -0.116. The van der Waals surface area contributed by atoms with Gasteiger partial charge in [0.15, 0.2) is 11.2 Å². The van der Waals surface area contributed by atoms with Gasteiger partial charge in [-0.2, -0.15) is 0 Å². The first-order valence-electron chi connectivity index (χ1n) is 9.07. The quantitative estimate of drug-likeness (QED) is 0.533. The van der Waals surface area contributed by atoms with E-state index < -0.39 is 17.2 Å². The molecule has 0 aliphatic heterocycles. The van der Waals surface area contributed by atoms with Crippen LogP contribution < -0.4 is 16.6 Å². The molecule has 0 saturated carbocycles. The van der Waals surface area contributed by atoms with Crippen molar-refractivity contribution in [3.05, 3.63) is 98.4 Å². The maximum absolute atomic E-state index is 13.1. The van der Waals surface area contributed by atoms with Crippen LogP contribution >= 0.6 is 11.6 Å². The highest BCUT2D eigenvalue weighted by molar-refractivity contribution is 6.31. The second kappa shape index (κ2) is 8.30. The van der Waals surface area contributed by atoms with Crippen LogP contribution in [0.4, 0.5) is 5.69 Å². The highest BCUT2D eigenvalue weighted by Gasteiger charge is 2.18. The second-order valence-electron chi connectivity index (χ2n) is 6.49. The average molecular weight is 422 g/mol. The fourth-order valence-electron chi connectivity index (χ4n) is 3.07. The van der Waals surface area contributed by atoms with E-state index in [1.807, 2.05) is 6.07 Å². The van der Waals surface area contributed by atoms with E-state index in [0.29, 0.717) is 16.3 Å². The Labute approximate surface area is 175 Å². The third-order valence-electron chi connectivity index (χ3n) is 4.49. The summed E-state index contributed by atoms with van der Waals surface area (Å²) in [5.74, 6) is -0.432. The van der Waals surface area contributed by atoms with Crippen molar-refractivity contribution in [2.45, 2.75) is 13.1 Å². The summed E-state index contributed by atoms with van der Waals surface area (Å²) in [4.78, 5) is 46.8. The summed E-state index contributed by atoms with van der Waals surface area (Å²) < 4.78 is 2.15. The molecule has 1 amide bonds. The predicted molar refractivity (Wildman–Crippen MR) is 114 cm³/mol. The van der Waals surface area contributed by atoms with E-state index in [0.717, 1.165) is 9.13 Å². The third kappa shape index (κ3) is 3.85. The molecule has 4 aromatic rings. The lowest BCUT2D eigenvalue weighted by Crippen LogP contribution is -2.42. The molecule has 9 heteroatoms. The van der Waals surface area contributed by atoms with Crippen LogP contribution in [0.15, 0.2) is 76.6 Å². The van der Waals surface area contributed by atoms with Gasteiger partial charge in [-0.15, -0.1) is 0 Å². The van der Waals surface area contributed by atoms with E-state index in [1.165, 1.54) is 12.4 Å². The van der Waals surface area contributed by atoms with Crippen LogP contribution in [-0.4, -0.2) is 25.0 Å². The molecule has 2 aromatic carbocycles. The third-order valence-corrected chi connectivity index (χ3v) is 4.86. The van der Waals surface area contributed by atoms with Crippen LogP contribution in [0.3, 0.4) is 0 Å². The van der Waals surface area contributed by atoms with Crippen molar-refractivity contribution in [2.75, 3.05) is 5.32 Å². The maximum atomic E-state index is 13.1. The van der Waals surface area contributed by atoms with Gasteiger partial charge >= 0.3 is 5.69 Å². The van der Waals surface area contributed by atoms with Crippen LogP contribution in [-0.2, 0) is 17.9 Å². The summed E-state index contributed by atoms with van der Waals surface area (Å²) in [5, 5.41) is 3.15. The molecule has 0 aliphatic carbocycles. The molecular formula is C21H16ClN5O3. The molecule has 4 rings (SSSR count). The number of hydrogen-bond acceptors (Lipinski definition) is 5. The van der Waals surface area contributed by atoms with Crippen molar-refractivity contribution in [1.29, 1.82) is 0 Å². The van der Waals surface area contributed by atoms with E-state index >= 15 is 0 Å². The largest absolute Gasteiger partial charge is 0.333 e. The Balaban J connectivity index is 1.79. The molecule has 0 bridgehead atoms. The average Bonchev–Trinajstić information content (AvgIpc) is 2.76. The Morgan fingerprint density at radius 1 is 0.933 bits per heavy atom. The van der Waals surface area contributed by atoms with Crippen LogP contribution in [0, 0.1) is 0 Å². The Kier molecular flexibility index (Phi) is 5.40. The normalized spacial score (nSPS) is 10.8. The van der Waals surface area contributed by atoms with E-state index in [4.69, 9.17) is 11.6 Å². The van der Waals surface area contributed by atoms with E-state index in [9.17, 15) is 14.4 Å². The van der Waals surface area contributed by atoms with Gasteiger partial charge in [-0.05, 0) is 23.8 Å². The molecule has 0 spiro atoms. The van der Waals surface area contributed by atoms with Crippen LogP contribution in [0.5, 0.6) is 0 Å². The molecule has 2 heterocycles. The lowest BCUT2D eigenvalue weighted by Gasteiger charge is -2.13. The molecule has 0 atom stereocenters. The SMILES string of the molecule is O=C(Cn1c(=O)n(Cc2ccccc2Cl)c(=O)c2nccnc21)Nc1ccccc1. The number of fused-ring (bicyclic) bond motifs is 1. The molecule has 0 saturated heterocycles. The zero-order valence-electron chi connectivity index (χ0n) is 15.7. The summed E-state index contributed by atoms with van der Waals surface area (Å²) >= 11 is 6.20. The Morgan fingerprint density at radius 3 is 2.40 bits per heavy atom. The number of benzene rings is 2. The minimum atomic E-state index is -0.670. The highest BCUT2D eigenvalue weighted by atomic mass is 35.5. The zero-order chi connectivity index (χ0) is 21.1. The number of halogens is 1. The number of para-hydroxylation sites is 1. The summed E-state index contributed by atoms with van der Waals surface area (Å²) in [6.07, 6.45) is 2.73. The smallest absolute Gasteiger partial charge is 0.325 e. The molecule has 150 valence electrons. The van der Waals surface area contributed by atoms with Crippen molar-refractivity contribution in [2.24, 2.45) is 0 Å². The number of aromatic nitrogens is 4. The molecule has 8 nitrogen and oxygen atoms in total. The Bertz CT molecular complexity index is 1350. The molecule has 30 heavy (non-hydrogen) atoms. The number of hydrogen-bond donors (Lipinski definition) is 1. The van der Waals surface area contributed by atoms with Crippen LogP contribution in [0.1, 0.15) is 5.56 Å². The van der Waals surface area contributed by atoms with Gasteiger partial charge in [-0.1, -0.05) is 48.0 Å². The summed E-state index contributed by atoms with van der Waals surface area (Å²) in [7, 11) is 0. The number of nitrogens with one attached hydrogen (secondary N) is 1. The van der Waals surface area contributed by atoms with Gasteiger partial charge in [0.05, 0.1) is 6.54 Å². The van der Waals surface area contributed by atoms with Crippen molar-refractivity contribution < 1.29 is 4.79 Å². The molecule has 0 unspecified atom stereocenters. The number of rotatable bonds is 5. The molecule has 1 N–H and O–H groups in total. The van der Waals surface area contributed by atoms with Crippen molar-refractivity contribution in [1.82, 2.24) is 19.1 Å². The van der Waals surface area contributed by atoms with Gasteiger partial charge in [0.1, 0.15) is 6.54 Å². The van der Waals surface area contributed by atoms with Gasteiger partial charge in [-0.25, -0.2) is 14.8 Å². The number of nitrogens with zero attached hydrogens (tertiary/aromatic N) is 4. The number of anilines is 1. The predicted octanol–water partition coefficient (Wildman–Crippen LogP) is 2.29. The minimum absolute atomic E-state index is 0.00309. The zero-order valence-corrected chi connectivity index (χ0v) is 16.4. The lowest BCUT2D eigenvalue weighted by atomic mass is 10.2. The van der Waals surface area contributed by atoms with Crippen molar-refractivity contribution >= 4 is 34.4 Å². The molecule has 0 aliphatic rings. The first kappa shape index (κ1) is 19.5. The summed E-state index contributed by atoms with van der Waals surface area (Å²) in [5.41, 5.74) is -0.0288. The van der Waals surface area contributed by atoms with E-state index in [2.05, 4.69) is 15.3 Å². The van der Waals surface area contributed by atoms with Gasteiger partial charge in [0.25, 0.3) is 5.56 Å². The molecule has 2 aromatic heterocycles. The van der Waals surface area contributed by atoms with Gasteiger partial charge in [0, 0.05) is 23.1 Å². The van der Waals surface area contributed by atoms with E-state index in [1.54, 1.807) is 48.5 Å². The molecule has 0 fully saturated rings. The first-order valence-corrected chi connectivity index (χ1v) is 9.45. The van der Waals surface area contributed by atoms with Gasteiger partial charge in [-0.3, -0.25) is 18.7 Å². The van der Waals surface area contributed by atoms with E-state index in [-0.39, 0.29) is 24.3 Å². The van der Waals surface area contributed by atoms with Crippen molar-refractivity contribution in [3.8, 4) is 0 Å². The summed E-state index contributed by atoms with van der Waals surface area (Å²) in [6, 6.07) is 15.8. The summed E-state index contributed by atoms with van der Waals surface area (Å²) in [6.45, 7) is -0.379. The number of carbonyl (C=O) groups excluding carboxylic acids is 1. The minimum Gasteiger partial charge on any atom is -0.325 e. The van der Waals surface area contributed by atoms with Crippen LogP contribution in [0.25, 0.3) is 11.2 Å². The standard InChI is InChI=1S/C21H16ClN5O3/c22-16-9-5-4-6-14(16)12-27-20(29)18-19(24-11-10-23-18)26(21(27)30)13-17(28)25-15-7-2-1-3-8-15/h1-11H,12-13H2,(H,25,28). The van der Waals surface area contributed by atoms with Crippen molar-refractivity contribution in [3.63, 3.8) is 0 Å². The molecule has 0 radical (unpaired) electrons. The van der Waals surface area contributed by atoms with Gasteiger partial charge < -0.3 is 5.32 Å². The highest BCUT2D eigenvalue weighted by Crippen LogP contribution is 2.15. The first-order chi connectivity index (χ1) is 14.5. The fraction of sp³-hybridized carbons (Fsp3) is 0.0952. The molecular weight excluding hydrogens is 406 g/mol. The second-order valence-corrected chi connectivity index (χ2v) is 6.90. The topological polar surface area (TPSA) is 98.9 Å². The number of carbonyl (C=O) groups is 1. The van der Waals surface area contributed by atoms with Gasteiger partial charge in [0.2, 0.25) is 5.91 Å².